The molecule has 28 heavy (non-hydrogen) atoms. The van der Waals surface area contributed by atoms with Crippen LogP contribution in [0.25, 0.3) is 0 Å². The summed E-state index contributed by atoms with van der Waals surface area (Å²) in [4.78, 5) is 27.8. The first kappa shape index (κ1) is 20.2. The molecule has 2 aromatic rings. The summed E-state index contributed by atoms with van der Waals surface area (Å²) in [5.74, 6) is 0.360. The lowest BCUT2D eigenvalue weighted by atomic mass is 10.0. The number of hydrogen-bond donors (Lipinski definition) is 2. The van der Waals surface area contributed by atoms with Crippen LogP contribution in [0.15, 0.2) is 42.5 Å². The van der Waals surface area contributed by atoms with Crippen LogP contribution >= 0.6 is 11.6 Å². The number of amides is 2. The highest BCUT2D eigenvalue weighted by Gasteiger charge is 2.25. The number of likely N-dealkylation sites (N-methyl/N-ethyl adjacent to an activating group) is 1. The number of nitrogens with one attached hydrogen (secondary N) is 2. The lowest BCUT2D eigenvalue weighted by Crippen LogP contribution is -3.11. The SMILES string of the molecule is COc1ccc(Cl)cc1NC(=O)C[NH+](C)CC(=O)N1CCCc2ccccc21. The molecule has 0 saturated heterocycles. The first-order valence-corrected chi connectivity index (χ1v) is 9.68. The number of quaternary nitrogens is 1. The minimum Gasteiger partial charge on any atom is -0.495 e. The van der Waals surface area contributed by atoms with Crippen LogP contribution in [0.5, 0.6) is 5.75 Å². The molecule has 2 N–H and O–H groups in total. The third kappa shape index (κ3) is 4.82. The predicted molar refractivity (Wildman–Crippen MR) is 110 cm³/mol. The fraction of sp³-hybridized carbons (Fsp3) is 0.333. The van der Waals surface area contributed by atoms with E-state index in [0.29, 0.717) is 16.5 Å². The molecule has 1 aliphatic heterocycles. The Kier molecular flexibility index (Phi) is 6.54. The number of hydrogen-bond acceptors (Lipinski definition) is 3. The number of anilines is 2. The number of methoxy groups -OCH3 is 1. The zero-order valence-corrected chi connectivity index (χ0v) is 16.9. The second-order valence-electron chi connectivity index (χ2n) is 6.98. The molecule has 148 valence electrons. The number of para-hydroxylation sites is 1. The van der Waals surface area contributed by atoms with Gasteiger partial charge in [-0.05, 0) is 42.7 Å². The van der Waals surface area contributed by atoms with E-state index in [2.05, 4.69) is 11.4 Å². The molecular formula is C21H25ClN3O3+. The molecule has 0 bridgehead atoms. The van der Waals surface area contributed by atoms with Gasteiger partial charge in [-0.2, -0.15) is 0 Å². The van der Waals surface area contributed by atoms with Crippen LogP contribution < -0.4 is 19.9 Å². The number of fused-ring (bicyclic) bond motifs is 1. The maximum Gasteiger partial charge on any atom is 0.282 e. The summed E-state index contributed by atoms with van der Waals surface area (Å²) in [6, 6.07) is 13.0. The van der Waals surface area contributed by atoms with Gasteiger partial charge in [0.25, 0.3) is 11.8 Å². The number of carbonyl (C=O) groups excluding carboxylic acids is 2. The number of nitrogens with zero attached hydrogens (tertiary/aromatic N) is 1. The number of rotatable bonds is 6. The standard InChI is InChI=1S/C21H24ClN3O3/c1-24(13-20(26)23-17-12-16(22)9-10-19(17)28-2)14-21(27)25-11-5-7-15-6-3-4-8-18(15)25/h3-4,6,8-10,12H,5,7,11,13-14H2,1-2H3,(H,23,26)/p+1. The molecule has 3 rings (SSSR count). The van der Waals surface area contributed by atoms with Crippen molar-refractivity contribution in [2.45, 2.75) is 12.8 Å². The predicted octanol–water partition coefficient (Wildman–Crippen LogP) is 1.78. The average Bonchev–Trinajstić information content (AvgIpc) is 2.67. The second kappa shape index (κ2) is 9.08. The van der Waals surface area contributed by atoms with Crippen molar-refractivity contribution in [1.82, 2.24) is 0 Å². The Morgan fingerprint density at radius 2 is 2.00 bits per heavy atom. The van der Waals surface area contributed by atoms with Gasteiger partial charge in [0.15, 0.2) is 13.1 Å². The van der Waals surface area contributed by atoms with E-state index in [0.717, 1.165) is 30.0 Å². The van der Waals surface area contributed by atoms with Gasteiger partial charge < -0.3 is 19.9 Å². The Hall–Kier alpha value is -2.57. The Bertz CT molecular complexity index is 872. The molecule has 0 radical (unpaired) electrons. The van der Waals surface area contributed by atoms with Crippen molar-refractivity contribution >= 4 is 34.8 Å². The molecule has 0 aromatic heterocycles. The molecule has 2 aromatic carbocycles. The molecular weight excluding hydrogens is 378 g/mol. The lowest BCUT2D eigenvalue weighted by molar-refractivity contribution is -0.862. The number of halogens is 1. The van der Waals surface area contributed by atoms with Gasteiger partial charge in [0.1, 0.15) is 5.75 Å². The summed E-state index contributed by atoms with van der Waals surface area (Å²) in [6.07, 6.45) is 1.95. The normalized spacial score (nSPS) is 14.2. The van der Waals surface area contributed by atoms with Crippen LogP contribution in [-0.2, 0) is 16.0 Å². The van der Waals surface area contributed by atoms with Crippen LogP contribution in [0.3, 0.4) is 0 Å². The van der Waals surface area contributed by atoms with Crippen molar-refractivity contribution in [1.29, 1.82) is 0 Å². The van der Waals surface area contributed by atoms with Crippen LogP contribution in [0, 0.1) is 0 Å². The first-order chi connectivity index (χ1) is 13.5. The highest BCUT2D eigenvalue weighted by atomic mass is 35.5. The fourth-order valence-electron chi connectivity index (χ4n) is 3.46. The third-order valence-electron chi connectivity index (χ3n) is 4.76. The van der Waals surface area contributed by atoms with E-state index in [9.17, 15) is 9.59 Å². The molecule has 0 fully saturated rings. The van der Waals surface area contributed by atoms with Crippen molar-refractivity contribution in [2.24, 2.45) is 0 Å². The Morgan fingerprint density at radius 3 is 2.79 bits per heavy atom. The van der Waals surface area contributed by atoms with Gasteiger partial charge in [-0.1, -0.05) is 29.8 Å². The maximum atomic E-state index is 12.8. The minimum absolute atomic E-state index is 0.0257. The molecule has 0 saturated carbocycles. The van der Waals surface area contributed by atoms with E-state index >= 15 is 0 Å². The Balaban J connectivity index is 1.58. The average molecular weight is 403 g/mol. The lowest BCUT2D eigenvalue weighted by Gasteiger charge is -2.29. The number of benzene rings is 2. The smallest absolute Gasteiger partial charge is 0.282 e. The molecule has 7 heteroatoms. The van der Waals surface area contributed by atoms with Crippen molar-refractivity contribution in [3.05, 3.63) is 53.1 Å². The van der Waals surface area contributed by atoms with Gasteiger partial charge in [0, 0.05) is 17.3 Å². The van der Waals surface area contributed by atoms with Gasteiger partial charge in [-0.3, -0.25) is 9.59 Å². The molecule has 1 aliphatic rings. The minimum atomic E-state index is -0.204. The van der Waals surface area contributed by atoms with E-state index in [4.69, 9.17) is 16.3 Å². The van der Waals surface area contributed by atoms with E-state index in [1.165, 1.54) is 12.7 Å². The molecule has 0 spiro atoms. The molecule has 6 nitrogen and oxygen atoms in total. The van der Waals surface area contributed by atoms with E-state index in [1.54, 1.807) is 18.2 Å². The third-order valence-corrected chi connectivity index (χ3v) is 5.00. The highest BCUT2D eigenvalue weighted by molar-refractivity contribution is 6.31. The van der Waals surface area contributed by atoms with Gasteiger partial charge in [0.2, 0.25) is 0 Å². The van der Waals surface area contributed by atoms with Crippen LogP contribution in [-0.4, -0.2) is 45.6 Å². The summed E-state index contributed by atoms with van der Waals surface area (Å²) in [5, 5.41) is 3.32. The highest BCUT2D eigenvalue weighted by Crippen LogP contribution is 2.28. The van der Waals surface area contributed by atoms with Crippen LogP contribution in [0.1, 0.15) is 12.0 Å². The summed E-state index contributed by atoms with van der Waals surface area (Å²) < 4.78 is 5.24. The van der Waals surface area contributed by atoms with Crippen LogP contribution in [0.2, 0.25) is 5.02 Å². The topological polar surface area (TPSA) is 63.1 Å². The monoisotopic (exact) mass is 402 g/mol. The molecule has 1 atom stereocenters. The van der Waals surface area contributed by atoms with E-state index < -0.39 is 0 Å². The quantitative estimate of drug-likeness (QED) is 0.774. The Labute approximate surface area is 170 Å². The largest absolute Gasteiger partial charge is 0.495 e. The summed E-state index contributed by atoms with van der Waals surface area (Å²) >= 11 is 6.00. The summed E-state index contributed by atoms with van der Waals surface area (Å²) in [7, 11) is 3.37. The summed E-state index contributed by atoms with van der Waals surface area (Å²) in [5.41, 5.74) is 2.70. The molecule has 0 aliphatic carbocycles. The number of ether oxygens (including phenoxy) is 1. The number of carbonyl (C=O) groups is 2. The van der Waals surface area contributed by atoms with Crippen molar-refractivity contribution < 1.29 is 19.2 Å². The van der Waals surface area contributed by atoms with Gasteiger partial charge in [0.05, 0.1) is 19.8 Å². The second-order valence-corrected chi connectivity index (χ2v) is 7.42. The van der Waals surface area contributed by atoms with E-state index in [-0.39, 0.29) is 24.9 Å². The summed E-state index contributed by atoms with van der Waals surface area (Å²) in [6.45, 7) is 1.13. The zero-order chi connectivity index (χ0) is 20.1. The van der Waals surface area contributed by atoms with Gasteiger partial charge in [-0.25, -0.2) is 0 Å². The maximum absolute atomic E-state index is 12.8. The molecule has 1 heterocycles. The Morgan fingerprint density at radius 1 is 1.21 bits per heavy atom. The molecule has 1 unspecified atom stereocenters. The fourth-order valence-corrected chi connectivity index (χ4v) is 3.63. The van der Waals surface area contributed by atoms with Crippen molar-refractivity contribution in [3.8, 4) is 5.75 Å². The van der Waals surface area contributed by atoms with Crippen molar-refractivity contribution in [3.63, 3.8) is 0 Å². The van der Waals surface area contributed by atoms with Gasteiger partial charge >= 0.3 is 0 Å². The van der Waals surface area contributed by atoms with Crippen molar-refractivity contribution in [2.75, 3.05) is 44.0 Å². The van der Waals surface area contributed by atoms with Crippen LogP contribution in [0.4, 0.5) is 11.4 Å². The molecule has 2 amide bonds. The van der Waals surface area contributed by atoms with E-state index in [1.807, 2.05) is 30.1 Å². The zero-order valence-electron chi connectivity index (χ0n) is 16.1. The van der Waals surface area contributed by atoms with Gasteiger partial charge in [-0.15, -0.1) is 0 Å². The first-order valence-electron chi connectivity index (χ1n) is 9.31. The number of aryl methyl sites for hydroxylation is 1.